The molecule has 1 saturated heterocycles. The van der Waals surface area contributed by atoms with Gasteiger partial charge in [0.25, 0.3) is 0 Å². The Morgan fingerprint density at radius 1 is 1.33 bits per heavy atom. The first-order chi connectivity index (χ1) is 5.72. The van der Waals surface area contributed by atoms with Crippen LogP contribution in [0.25, 0.3) is 0 Å². The zero-order valence-corrected chi connectivity index (χ0v) is 8.42. The van der Waals surface area contributed by atoms with Crippen molar-refractivity contribution in [3.8, 4) is 0 Å². The van der Waals surface area contributed by atoms with Gasteiger partial charge >= 0.3 is 0 Å². The second-order valence-corrected chi connectivity index (χ2v) is 4.05. The van der Waals surface area contributed by atoms with Crippen LogP contribution in [0.15, 0.2) is 0 Å². The van der Waals surface area contributed by atoms with Crippen LogP contribution in [0.4, 0.5) is 0 Å². The maximum absolute atomic E-state index is 3.91. The van der Waals surface area contributed by atoms with Gasteiger partial charge in [-0.2, -0.15) is 0 Å². The third-order valence-corrected chi connectivity index (χ3v) is 2.65. The topological polar surface area (TPSA) is 6.48 Å². The molecule has 0 saturated carbocycles. The van der Waals surface area contributed by atoms with Crippen LogP contribution in [0.2, 0.25) is 0 Å². The molecule has 1 radical (unpaired) electrons. The van der Waals surface area contributed by atoms with Gasteiger partial charge in [-0.25, -0.2) is 0 Å². The summed E-state index contributed by atoms with van der Waals surface area (Å²) in [7, 11) is 4.32. The number of hydrogen-bond donors (Lipinski definition) is 0. The van der Waals surface area contributed by atoms with Gasteiger partial charge in [0.1, 0.15) is 0 Å². The largest absolute Gasteiger partial charge is 0.309 e. The van der Waals surface area contributed by atoms with Crippen LogP contribution in [0, 0.1) is 12.8 Å². The second kappa shape index (κ2) is 4.83. The molecule has 1 fully saturated rings. The number of likely N-dealkylation sites (tertiary alicyclic amines) is 1. The zero-order valence-electron chi connectivity index (χ0n) is 8.42. The highest BCUT2D eigenvalue weighted by atomic mass is 15.1. The first kappa shape index (κ1) is 10.0. The highest BCUT2D eigenvalue weighted by Gasteiger charge is 2.17. The van der Waals surface area contributed by atoms with Gasteiger partial charge in [-0.1, -0.05) is 0 Å². The Labute approximate surface area is 76.5 Å². The number of piperidine rings is 1. The standard InChI is InChI=1S/C10H21N2/c1-4-12-7-5-10(6-8-12)9-11(2)3/h10H,1,4-9H2,2-3H3. The Hall–Kier alpha value is -0.0800. The average molecular weight is 169 g/mol. The number of hydrogen-bond acceptors (Lipinski definition) is 2. The Morgan fingerprint density at radius 2 is 1.92 bits per heavy atom. The van der Waals surface area contributed by atoms with Gasteiger partial charge in [0.2, 0.25) is 0 Å². The van der Waals surface area contributed by atoms with Crippen LogP contribution in [-0.4, -0.2) is 50.1 Å². The van der Waals surface area contributed by atoms with Crippen molar-refractivity contribution < 1.29 is 0 Å². The molecule has 1 aliphatic heterocycles. The number of rotatable bonds is 3. The molecule has 2 nitrogen and oxygen atoms in total. The summed E-state index contributed by atoms with van der Waals surface area (Å²) in [5.74, 6) is 0.919. The van der Waals surface area contributed by atoms with Crippen molar-refractivity contribution in [2.75, 3.05) is 40.3 Å². The third kappa shape index (κ3) is 3.11. The molecule has 0 aromatic carbocycles. The van der Waals surface area contributed by atoms with Crippen molar-refractivity contribution in [1.29, 1.82) is 0 Å². The van der Waals surface area contributed by atoms with Crippen molar-refractivity contribution in [3.05, 3.63) is 6.92 Å². The first-order valence-corrected chi connectivity index (χ1v) is 4.88. The van der Waals surface area contributed by atoms with E-state index >= 15 is 0 Å². The van der Waals surface area contributed by atoms with E-state index in [2.05, 4.69) is 30.8 Å². The summed E-state index contributed by atoms with van der Waals surface area (Å²) in [6.45, 7) is 8.65. The molecule has 0 aliphatic carbocycles. The molecule has 0 aromatic rings. The highest BCUT2D eigenvalue weighted by molar-refractivity contribution is 4.73. The van der Waals surface area contributed by atoms with Gasteiger partial charge in [-0.15, -0.1) is 0 Å². The molecule has 0 spiro atoms. The van der Waals surface area contributed by atoms with Gasteiger partial charge in [0.05, 0.1) is 0 Å². The van der Waals surface area contributed by atoms with Gasteiger partial charge in [0, 0.05) is 6.54 Å². The van der Waals surface area contributed by atoms with E-state index in [1.54, 1.807) is 0 Å². The molecular weight excluding hydrogens is 148 g/mol. The summed E-state index contributed by atoms with van der Waals surface area (Å²) in [4.78, 5) is 4.73. The monoisotopic (exact) mass is 169 g/mol. The van der Waals surface area contributed by atoms with Gasteiger partial charge < -0.3 is 9.80 Å². The Kier molecular flexibility index (Phi) is 4.02. The third-order valence-electron chi connectivity index (χ3n) is 2.65. The zero-order chi connectivity index (χ0) is 8.97. The summed E-state index contributed by atoms with van der Waals surface area (Å²) < 4.78 is 0. The van der Waals surface area contributed by atoms with Crippen molar-refractivity contribution in [2.45, 2.75) is 12.8 Å². The predicted octanol–water partition coefficient (Wildman–Crippen LogP) is 1.09. The van der Waals surface area contributed by atoms with E-state index in [0.717, 1.165) is 12.5 Å². The lowest BCUT2D eigenvalue weighted by Crippen LogP contribution is -2.36. The molecule has 1 heterocycles. The lowest BCUT2D eigenvalue weighted by molar-refractivity contribution is 0.174. The fourth-order valence-corrected chi connectivity index (χ4v) is 1.91. The van der Waals surface area contributed by atoms with E-state index in [1.807, 2.05) is 0 Å². The van der Waals surface area contributed by atoms with Crippen molar-refractivity contribution in [1.82, 2.24) is 9.80 Å². The van der Waals surface area contributed by atoms with Crippen LogP contribution in [-0.2, 0) is 0 Å². The average Bonchev–Trinajstić information content (AvgIpc) is 2.05. The fraction of sp³-hybridized carbons (Fsp3) is 0.900. The summed E-state index contributed by atoms with van der Waals surface area (Å²) in [5.41, 5.74) is 0. The smallest absolute Gasteiger partial charge is 0.000451 e. The number of nitrogens with zero attached hydrogens (tertiary/aromatic N) is 2. The van der Waals surface area contributed by atoms with E-state index in [0.29, 0.717) is 0 Å². The van der Waals surface area contributed by atoms with Crippen LogP contribution in [0.3, 0.4) is 0 Å². The second-order valence-electron chi connectivity index (χ2n) is 4.05. The molecule has 0 aromatic heterocycles. The summed E-state index contributed by atoms with van der Waals surface area (Å²) in [6.07, 6.45) is 2.71. The van der Waals surface area contributed by atoms with E-state index in [1.165, 1.54) is 32.5 Å². The van der Waals surface area contributed by atoms with Crippen molar-refractivity contribution in [3.63, 3.8) is 0 Å². The molecular formula is C10H21N2. The SMILES string of the molecule is [CH2]CN1CCC(CN(C)C)CC1. The molecule has 2 heteroatoms. The summed E-state index contributed by atoms with van der Waals surface area (Å²) >= 11 is 0. The summed E-state index contributed by atoms with van der Waals surface area (Å²) in [6, 6.07) is 0. The lowest BCUT2D eigenvalue weighted by Gasteiger charge is -2.32. The van der Waals surface area contributed by atoms with Crippen molar-refractivity contribution >= 4 is 0 Å². The molecule has 0 unspecified atom stereocenters. The van der Waals surface area contributed by atoms with Crippen LogP contribution >= 0.6 is 0 Å². The first-order valence-electron chi connectivity index (χ1n) is 4.88. The molecule has 1 aliphatic rings. The Bertz CT molecular complexity index is 115. The Morgan fingerprint density at radius 3 is 2.33 bits per heavy atom. The van der Waals surface area contributed by atoms with Crippen LogP contribution in [0.1, 0.15) is 12.8 Å². The summed E-state index contributed by atoms with van der Waals surface area (Å²) in [5, 5.41) is 0. The van der Waals surface area contributed by atoms with Gasteiger partial charge in [0.15, 0.2) is 0 Å². The van der Waals surface area contributed by atoms with Crippen molar-refractivity contribution in [2.24, 2.45) is 5.92 Å². The molecule has 0 bridgehead atoms. The van der Waals surface area contributed by atoms with E-state index in [4.69, 9.17) is 0 Å². The van der Waals surface area contributed by atoms with Gasteiger partial charge in [-0.05, 0) is 59.4 Å². The Balaban J connectivity index is 2.17. The minimum Gasteiger partial charge on any atom is -0.309 e. The van der Waals surface area contributed by atoms with E-state index in [9.17, 15) is 0 Å². The molecule has 0 N–H and O–H groups in total. The normalized spacial score (nSPS) is 22.0. The fourth-order valence-electron chi connectivity index (χ4n) is 1.91. The quantitative estimate of drug-likeness (QED) is 0.624. The highest BCUT2D eigenvalue weighted by Crippen LogP contribution is 2.16. The molecule has 0 amide bonds. The molecule has 1 rings (SSSR count). The predicted molar refractivity (Wildman–Crippen MR) is 53.1 cm³/mol. The maximum atomic E-state index is 3.91. The van der Waals surface area contributed by atoms with Crippen LogP contribution < -0.4 is 0 Å². The maximum Gasteiger partial charge on any atom is 0.000451 e. The lowest BCUT2D eigenvalue weighted by atomic mass is 9.96. The molecule has 71 valence electrons. The minimum atomic E-state index is 0.919. The van der Waals surface area contributed by atoms with Crippen LogP contribution in [0.5, 0.6) is 0 Å². The minimum absolute atomic E-state index is 0.919. The van der Waals surface area contributed by atoms with E-state index in [-0.39, 0.29) is 0 Å². The van der Waals surface area contributed by atoms with E-state index < -0.39 is 0 Å². The molecule has 0 atom stereocenters. The molecule has 12 heavy (non-hydrogen) atoms. The van der Waals surface area contributed by atoms with Gasteiger partial charge in [-0.3, -0.25) is 0 Å².